The second-order valence-electron chi connectivity index (χ2n) is 10.9. The molecule has 0 fully saturated rings. The van der Waals surface area contributed by atoms with Gasteiger partial charge in [-0.25, -0.2) is 9.13 Å². The Kier molecular flexibility index (Phi) is 18.1. The highest BCUT2D eigenvalue weighted by Gasteiger charge is 2.10. The third-order valence-electron chi connectivity index (χ3n) is 7.69. The van der Waals surface area contributed by atoms with Gasteiger partial charge in [0.25, 0.3) is 0 Å². The van der Waals surface area contributed by atoms with Crippen LogP contribution < -0.4 is 9.13 Å². The standard InChI is InChI=1S/C34H58N2/c1-3-5-7-9-13-17-25-33-27-19-23-31-35(33)29-21-15-11-12-16-22-30-36-32-24-20-28-34(36)26-18-14-10-8-6-4-2/h19-20,23-24,27-28,31-32H,3-18,21-22,25-26,29-30H2,1-2H3/q+2. The highest BCUT2D eigenvalue weighted by atomic mass is 15.0. The molecule has 2 heteroatoms. The van der Waals surface area contributed by atoms with Crippen LogP contribution in [-0.4, -0.2) is 0 Å². The summed E-state index contributed by atoms with van der Waals surface area (Å²) in [6, 6.07) is 13.5. The lowest BCUT2D eigenvalue weighted by Gasteiger charge is -2.06. The number of nitrogens with zero attached hydrogens (tertiary/aromatic N) is 2. The number of hydrogen-bond acceptors (Lipinski definition) is 0. The van der Waals surface area contributed by atoms with E-state index in [-0.39, 0.29) is 0 Å². The first-order valence-electron chi connectivity index (χ1n) is 15.8. The summed E-state index contributed by atoms with van der Waals surface area (Å²) in [5.41, 5.74) is 3.06. The Bertz CT molecular complexity index is 704. The molecule has 0 aliphatic carbocycles. The lowest BCUT2D eigenvalue weighted by atomic mass is 10.1. The summed E-state index contributed by atoms with van der Waals surface area (Å²) in [5.74, 6) is 0. The molecule has 0 unspecified atom stereocenters. The zero-order valence-electron chi connectivity index (χ0n) is 24.1. The third kappa shape index (κ3) is 14.1. The molecule has 2 nitrogen and oxygen atoms in total. The number of unbranched alkanes of at least 4 members (excludes halogenated alkanes) is 15. The minimum Gasteiger partial charge on any atom is -0.202 e. The van der Waals surface area contributed by atoms with E-state index in [2.05, 4.69) is 71.8 Å². The summed E-state index contributed by atoms with van der Waals surface area (Å²) in [5, 5.41) is 0. The topological polar surface area (TPSA) is 7.76 Å². The van der Waals surface area contributed by atoms with Crippen molar-refractivity contribution in [2.24, 2.45) is 0 Å². The van der Waals surface area contributed by atoms with Gasteiger partial charge in [0.1, 0.15) is 13.1 Å². The van der Waals surface area contributed by atoms with E-state index in [1.807, 2.05) is 0 Å². The summed E-state index contributed by atoms with van der Waals surface area (Å²) >= 11 is 0. The van der Waals surface area contributed by atoms with Crippen LogP contribution in [0.2, 0.25) is 0 Å². The first kappa shape index (κ1) is 30.5. The number of rotatable bonds is 23. The van der Waals surface area contributed by atoms with E-state index >= 15 is 0 Å². The fraction of sp³-hybridized carbons (Fsp3) is 0.706. The van der Waals surface area contributed by atoms with Crippen LogP contribution >= 0.6 is 0 Å². The number of aromatic nitrogens is 2. The van der Waals surface area contributed by atoms with Crippen molar-refractivity contribution < 1.29 is 9.13 Å². The zero-order valence-corrected chi connectivity index (χ0v) is 24.1. The smallest absolute Gasteiger partial charge is 0.181 e. The summed E-state index contributed by atoms with van der Waals surface area (Å²) < 4.78 is 5.03. The van der Waals surface area contributed by atoms with Gasteiger partial charge in [-0.3, -0.25) is 0 Å². The molecule has 0 radical (unpaired) electrons. The quantitative estimate of drug-likeness (QED) is 0.107. The minimum atomic E-state index is 1.19. The highest BCUT2D eigenvalue weighted by Crippen LogP contribution is 2.10. The minimum absolute atomic E-state index is 1.19. The van der Waals surface area contributed by atoms with Crippen molar-refractivity contribution in [3.63, 3.8) is 0 Å². The molecule has 2 heterocycles. The molecule has 0 amide bonds. The molecule has 0 bridgehead atoms. The Morgan fingerprint density at radius 3 is 1.19 bits per heavy atom. The van der Waals surface area contributed by atoms with Crippen LogP contribution in [0.5, 0.6) is 0 Å². The predicted molar refractivity (Wildman–Crippen MR) is 155 cm³/mol. The molecule has 0 aromatic carbocycles. The van der Waals surface area contributed by atoms with Gasteiger partial charge < -0.3 is 0 Å². The van der Waals surface area contributed by atoms with E-state index < -0.39 is 0 Å². The third-order valence-corrected chi connectivity index (χ3v) is 7.69. The van der Waals surface area contributed by atoms with Crippen molar-refractivity contribution in [3.05, 3.63) is 60.2 Å². The fourth-order valence-corrected chi connectivity index (χ4v) is 5.36. The van der Waals surface area contributed by atoms with E-state index in [9.17, 15) is 0 Å². The maximum Gasteiger partial charge on any atom is 0.181 e. The Balaban J connectivity index is 1.54. The van der Waals surface area contributed by atoms with E-state index in [1.165, 1.54) is 153 Å². The average Bonchev–Trinajstić information content (AvgIpc) is 2.91. The van der Waals surface area contributed by atoms with Gasteiger partial charge in [-0.2, -0.15) is 0 Å². The maximum atomic E-state index is 2.52. The van der Waals surface area contributed by atoms with Gasteiger partial charge in [0.2, 0.25) is 0 Å². The summed E-state index contributed by atoms with van der Waals surface area (Å²) in [6.07, 6.45) is 31.8. The molecule has 0 aliphatic rings. The van der Waals surface area contributed by atoms with Gasteiger partial charge >= 0.3 is 0 Å². The van der Waals surface area contributed by atoms with Crippen LogP contribution in [0, 0.1) is 0 Å². The van der Waals surface area contributed by atoms with Crippen molar-refractivity contribution in [1.29, 1.82) is 0 Å². The molecule has 2 rings (SSSR count). The molecule has 0 N–H and O–H groups in total. The van der Waals surface area contributed by atoms with Gasteiger partial charge in [-0.15, -0.1) is 0 Å². The van der Waals surface area contributed by atoms with Crippen LogP contribution in [0.25, 0.3) is 0 Å². The van der Waals surface area contributed by atoms with Gasteiger partial charge in [-0.05, 0) is 25.7 Å². The Morgan fingerprint density at radius 1 is 0.417 bits per heavy atom. The SMILES string of the molecule is CCCCCCCCc1cccc[n+]1CCCCCCCC[n+]1ccccc1CCCCCCCC. The van der Waals surface area contributed by atoms with Crippen molar-refractivity contribution >= 4 is 0 Å². The lowest BCUT2D eigenvalue weighted by Crippen LogP contribution is -2.38. The number of hydrogen-bond donors (Lipinski definition) is 0. The second kappa shape index (κ2) is 21.4. The maximum absolute atomic E-state index is 2.52. The van der Waals surface area contributed by atoms with E-state index in [4.69, 9.17) is 0 Å². The van der Waals surface area contributed by atoms with Crippen molar-refractivity contribution in [3.8, 4) is 0 Å². The first-order valence-corrected chi connectivity index (χ1v) is 15.8. The average molecular weight is 495 g/mol. The van der Waals surface area contributed by atoms with E-state index in [0.717, 1.165) is 0 Å². The number of aryl methyl sites for hydroxylation is 4. The molecule has 0 aliphatic heterocycles. The van der Waals surface area contributed by atoms with Crippen LogP contribution in [0.1, 0.15) is 141 Å². The van der Waals surface area contributed by atoms with E-state index in [1.54, 1.807) is 0 Å². The van der Waals surface area contributed by atoms with Gasteiger partial charge in [0.15, 0.2) is 23.8 Å². The van der Waals surface area contributed by atoms with Crippen molar-refractivity contribution in [2.45, 2.75) is 155 Å². The normalized spacial score (nSPS) is 11.3. The summed E-state index contributed by atoms with van der Waals surface area (Å²) in [4.78, 5) is 0. The molecule has 2 aromatic rings. The van der Waals surface area contributed by atoms with Crippen LogP contribution in [0.4, 0.5) is 0 Å². The number of pyridine rings is 2. The van der Waals surface area contributed by atoms with Crippen LogP contribution in [0.3, 0.4) is 0 Å². The fourth-order valence-electron chi connectivity index (χ4n) is 5.36. The van der Waals surface area contributed by atoms with Crippen LogP contribution in [-0.2, 0) is 25.9 Å². The van der Waals surface area contributed by atoms with Gasteiger partial charge in [0.05, 0.1) is 0 Å². The largest absolute Gasteiger partial charge is 0.202 e. The highest BCUT2D eigenvalue weighted by molar-refractivity contribution is 4.98. The van der Waals surface area contributed by atoms with Crippen LogP contribution in [0.15, 0.2) is 48.8 Å². The zero-order chi connectivity index (χ0) is 25.5. The Labute approximate surface area is 224 Å². The molecule has 0 atom stereocenters. The molecular weight excluding hydrogens is 436 g/mol. The van der Waals surface area contributed by atoms with Gasteiger partial charge in [-0.1, -0.05) is 103 Å². The predicted octanol–water partition coefficient (Wildman–Crippen LogP) is 9.11. The molecule has 202 valence electrons. The van der Waals surface area contributed by atoms with Crippen molar-refractivity contribution in [1.82, 2.24) is 0 Å². The first-order chi connectivity index (χ1) is 17.8. The Hall–Kier alpha value is -1.70. The summed E-state index contributed by atoms with van der Waals surface area (Å²) in [7, 11) is 0. The van der Waals surface area contributed by atoms with Gasteiger partial charge in [0, 0.05) is 49.9 Å². The molecular formula is C34H58N2+2. The molecule has 36 heavy (non-hydrogen) atoms. The monoisotopic (exact) mass is 494 g/mol. The molecule has 2 aromatic heterocycles. The van der Waals surface area contributed by atoms with Crippen molar-refractivity contribution in [2.75, 3.05) is 0 Å². The summed E-state index contributed by atoms with van der Waals surface area (Å²) in [6.45, 7) is 6.97. The Morgan fingerprint density at radius 2 is 0.778 bits per heavy atom. The van der Waals surface area contributed by atoms with E-state index in [0.29, 0.717) is 0 Å². The second-order valence-corrected chi connectivity index (χ2v) is 10.9. The lowest BCUT2D eigenvalue weighted by molar-refractivity contribution is -0.705. The molecule has 0 saturated heterocycles. The molecule has 0 spiro atoms. The molecule has 0 saturated carbocycles.